The summed E-state index contributed by atoms with van der Waals surface area (Å²) in [4.78, 5) is 37.1. The molecule has 6 heterocycles. The number of hydrogen-bond donors (Lipinski definition) is 2. The van der Waals surface area contributed by atoms with E-state index < -0.39 is 24.1 Å². The van der Waals surface area contributed by atoms with Gasteiger partial charge in [0.2, 0.25) is 0 Å². The van der Waals surface area contributed by atoms with Crippen LogP contribution in [-0.4, -0.2) is 99.3 Å². The van der Waals surface area contributed by atoms with Gasteiger partial charge < -0.3 is 24.5 Å². The molecule has 3 aromatic heterocycles. The third kappa shape index (κ3) is 6.03. The number of hydrogen-bond acceptors (Lipinski definition) is 9. The number of nitrogens with one attached hydrogen (secondary N) is 1. The average molecular weight is 694 g/mol. The minimum atomic E-state index is -0.676. The Balaban J connectivity index is 0.999. The van der Waals surface area contributed by atoms with Gasteiger partial charge in [-0.25, -0.2) is 18.7 Å². The van der Waals surface area contributed by atoms with E-state index in [1.54, 1.807) is 6.07 Å². The number of rotatable bonds is 8. The fourth-order valence-electron chi connectivity index (χ4n) is 7.48. The highest BCUT2D eigenvalue weighted by molar-refractivity contribution is 6.09. The van der Waals surface area contributed by atoms with Gasteiger partial charge in [-0.1, -0.05) is 6.07 Å². The molecule has 1 amide bonds. The van der Waals surface area contributed by atoms with Crippen LogP contribution < -0.4 is 9.64 Å². The maximum atomic E-state index is 15.5. The number of H-pyrrole nitrogens is 1. The first-order chi connectivity index (χ1) is 24.9. The number of carbonyl (C=O) groups is 1. The molecular formula is C38H37F2N7O4. The molecule has 9 rings (SSSR count). The maximum absolute atomic E-state index is 15.5. The number of anilines is 1. The lowest BCUT2D eigenvalue weighted by molar-refractivity contribution is -0.0774. The molecule has 51 heavy (non-hydrogen) atoms. The Hall–Kier alpha value is -4.82. The van der Waals surface area contributed by atoms with Crippen LogP contribution in [0, 0.1) is 11.6 Å². The molecule has 13 heteroatoms. The van der Waals surface area contributed by atoms with Crippen molar-refractivity contribution in [1.29, 1.82) is 0 Å². The quantitative estimate of drug-likeness (QED) is 0.234. The SMILES string of the molecule is O=C1c2c(F)cc(C3CC3)cc2OCCN1c1cc(F)cc(-c2ncnc3[nH]c(-c4ccc(CN5CCN(C6COC6)CC5)cn4)cc23)c1CO. The van der Waals surface area contributed by atoms with E-state index in [9.17, 15) is 9.90 Å². The van der Waals surface area contributed by atoms with Gasteiger partial charge in [0.1, 0.15) is 41.5 Å². The van der Waals surface area contributed by atoms with Gasteiger partial charge in [-0.3, -0.25) is 19.6 Å². The van der Waals surface area contributed by atoms with Crippen LogP contribution in [0.1, 0.15) is 45.8 Å². The smallest absolute Gasteiger partial charge is 0.265 e. The van der Waals surface area contributed by atoms with Crippen molar-refractivity contribution in [2.75, 3.05) is 57.4 Å². The van der Waals surface area contributed by atoms with Gasteiger partial charge in [0.25, 0.3) is 5.91 Å². The molecule has 11 nitrogen and oxygen atoms in total. The minimum absolute atomic E-state index is 0.0306. The minimum Gasteiger partial charge on any atom is -0.491 e. The lowest BCUT2D eigenvalue weighted by atomic mass is 9.99. The number of aliphatic hydroxyl groups is 1. The topological polar surface area (TPSA) is 120 Å². The van der Waals surface area contributed by atoms with E-state index in [0.29, 0.717) is 39.7 Å². The van der Waals surface area contributed by atoms with Crippen molar-refractivity contribution < 1.29 is 28.2 Å². The third-order valence-electron chi connectivity index (χ3n) is 10.5. The molecular weight excluding hydrogens is 656 g/mol. The zero-order valence-corrected chi connectivity index (χ0v) is 27.9. The Morgan fingerprint density at radius 2 is 1.80 bits per heavy atom. The van der Waals surface area contributed by atoms with E-state index in [1.807, 2.05) is 18.3 Å². The van der Waals surface area contributed by atoms with Gasteiger partial charge in [0.15, 0.2) is 0 Å². The van der Waals surface area contributed by atoms with Gasteiger partial charge in [0.05, 0.1) is 55.2 Å². The van der Waals surface area contributed by atoms with Crippen LogP contribution in [-0.2, 0) is 17.9 Å². The number of pyridine rings is 1. The second-order valence-corrected chi connectivity index (χ2v) is 13.8. The van der Waals surface area contributed by atoms with Crippen molar-refractivity contribution in [3.05, 3.63) is 88.9 Å². The summed E-state index contributed by atoms with van der Waals surface area (Å²) in [6.45, 7) is 6.16. The predicted molar refractivity (Wildman–Crippen MR) is 185 cm³/mol. The van der Waals surface area contributed by atoms with E-state index in [-0.39, 0.29) is 41.6 Å². The molecule has 0 spiro atoms. The number of carbonyl (C=O) groups excluding carboxylic acids is 1. The molecule has 0 atom stereocenters. The lowest BCUT2D eigenvalue weighted by Gasteiger charge is -2.42. The monoisotopic (exact) mass is 693 g/mol. The van der Waals surface area contributed by atoms with Crippen molar-refractivity contribution in [3.63, 3.8) is 0 Å². The summed E-state index contributed by atoms with van der Waals surface area (Å²) < 4.78 is 42.2. The molecule has 0 bridgehead atoms. The van der Waals surface area contributed by atoms with E-state index >= 15 is 8.78 Å². The summed E-state index contributed by atoms with van der Waals surface area (Å²) >= 11 is 0. The number of aliphatic hydroxyl groups excluding tert-OH is 1. The largest absolute Gasteiger partial charge is 0.491 e. The Bertz CT molecular complexity index is 2130. The van der Waals surface area contributed by atoms with E-state index in [2.05, 4.69) is 30.8 Å². The molecule has 2 N–H and O–H groups in total. The number of amides is 1. The number of fused-ring (bicyclic) bond motifs is 2. The maximum Gasteiger partial charge on any atom is 0.265 e. The van der Waals surface area contributed by atoms with E-state index in [1.165, 1.54) is 29.4 Å². The molecule has 2 saturated heterocycles. The summed E-state index contributed by atoms with van der Waals surface area (Å²) in [5.41, 5.74) is 4.71. The zero-order chi connectivity index (χ0) is 34.6. The Kier molecular flexibility index (Phi) is 8.22. The fourth-order valence-corrected chi connectivity index (χ4v) is 7.48. The Labute approximate surface area is 292 Å². The predicted octanol–water partition coefficient (Wildman–Crippen LogP) is 4.89. The van der Waals surface area contributed by atoms with Crippen LogP contribution in [0.3, 0.4) is 0 Å². The molecule has 3 aliphatic heterocycles. The molecule has 3 fully saturated rings. The Morgan fingerprint density at radius 1 is 0.961 bits per heavy atom. The fraction of sp³-hybridized carbons (Fsp3) is 0.368. The standard InChI is InChI=1S/C38H37F2N7O4/c39-25-13-27(29(18-48)33(14-25)47-9-10-51-34-12-24(23-2-3-23)11-30(40)35(34)38(47)49)36-28-15-32(44-37(28)43-21-42-36)31-4-1-22(16-41-31)17-45-5-7-46(8-6-45)26-19-50-20-26/h1,4,11-16,21,23,26,48H,2-3,5-10,17-20H2,(H,42,43,44). The van der Waals surface area contributed by atoms with Gasteiger partial charge in [-0.05, 0) is 66.3 Å². The molecule has 1 saturated carbocycles. The molecule has 1 aliphatic carbocycles. The van der Waals surface area contributed by atoms with Crippen molar-refractivity contribution in [2.45, 2.75) is 38.0 Å². The van der Waals surface area contributed by atoms with E-state index in [4.69, 9.17) is 14.5 Å². The molecule has 2 aromatic carbocycles. The third-order valence-corrected chi connectivity index (χ3v) is 10.5. The highest BCUT2D eigenvalue weighted by Gasteiger charge is 2.34. The molecule has 4 aliphatic rings. The van der Waals surface area contributed by atoms with Crippen LogP contribution in [0.25, 0.3) is 33.7 Å². The molecule has 0 unspecified atom stereocenters. The average Bonchev–Trinajstić information content (AvgIpc) is 3.90. The summed E-state index contributed by atoms with van der Waals surface area (Å²) in [6, 6.07) is 12.1. The summed E-state index contributed by atoms with van der Waals surface area (Å²) in [6.07, 6.45) is 5.20. The normalized spacial score (nSPS) is 18.8. The van der Waals surface area contributed by atoms with E-state index in [0.717, 1.165) is 69.9 Å². The van der Waals surface area contributed by atoms with Crippen LogP contribution >= 0.6 is 0 Å². The lowest BCUT2D eigenvalue weighted by Crippen LogP contribution is -2.56. The summed E-state index contributed by atoms with van der Waals surface area (Å²) in [5, 5.41) is 11.3. The number of halogens is 2. The highest BCUT2D eigenvalue weighted by Crippen LogP contribution is 2.44. The highest BCUT2D eigenvalue weighted by atomic mass is 19.1. The first-order valence-electron chi connectivity index (χ1n) is 17.5. The number of aromatic amines is 1. The molecule has 0 radical (unpaired) electrons. The van der Waals surface area contributed by atoms with Crippen molar-refractivity contribution >= 4 is 22.6 Å². The van der Waals surface area contributed by atoms with Gasteiger partial charge in [-0.15, -0.1) is 0 Å². The number of benzene rings is 2. The van der Waals surface area contributed by atoms with Gasteiger partial charge in [0, 0.05) is 55.4 Å². The number of piperazine rings is 1. The first kappa shape index (κ1) is 32.1. The Morgan fingerprint density at radius 3 is 2.53 bits per heavy atom. The van der Waals surface area contributed by atoms with Crippen LogP contribution in [0.2, 0.25) is 0 Å². The van der Waals surface area contributed by atoms with Crippen molar-refractivity contribution in [2.24, 2.45) is 0 Å². The molecule has 5 aromatic rings. The van der Waals surface area contributed by atoms with Gasteiger partial charge >= 0.3 is 0 Å². The molecule has 262 valence electrons. The number of aromatic nitrogens is 4. The van der Waals surface area contributed by atoms with Crippen LogP contribution in [0.5, 0.6) is 5.75 Å². The van der Waals surface area contributed by atoms with Crippen LogP contribution in [0.4, 0.5) is 14.5 Å². The number of nitrogens with zero attached hydrogens (tertiary/aromatic N) is 6. The van der Waals surface area contributed by atoms with Crippen molar-refractivity contribution in [3.8, 4) is 28.4 Å². The van der Waals surface area contributed by atoms with Crippen molar-refractivity contribution in [1.82, 2.24) is 29.7 Å². The number of ether oxygens (including phenoxy) is 2. The zero-order valence-electron chi connectivity index (χ0n) is 27.9. The first-order valence-corrected chi connectivity index (χ1v) is 17.5. The summed E-state index contributed by atoms with van der Waals surface area (Å²) in [5.74, 6) is -1.52. The summed E-state index contributed by atoms with van der Waals surface area (Å²) in [7, 11) is 0. The van der Waals surface area contributed by atoms with Crippen LogP contribution in [0.15, 0.2) is 55.0 Å². The second-order valence-electron chi connectivity index (χ2n) is 13.8. The second kappa shape index (κ2) is 13.1. The van der Waals surface area contributed by atoms with Gasteiger partial charge in [-0.2, -0.15) is 0 Å².